The van der Waals surface area contributed by atoms with E-state index in [0.29, 0.717) is 0 Å². The first-order valence-electron chi connectivity index (χ1n) is 7.31. The minimum absolute atomic E-state index is 0.876. The van der Waals surface area contributed by atoms with E-state index in [-0.39, 0.29) is 0 Å². The Labute approximate surface area is 115 Å². The van der Waals surface area contributed by atoms with Crippen LogP contribution in [0.2, 0.25) is 0 Å². The number of rotatable bonds is 6. The van der Waals surface area contributed by atoms with E-state index in [9.17, 15) is 0 Å². The van der Waals surface area contributed by atoms with Gasteiger partial charge < -0.3 is 11.1 Å². The Morgan fingerprint density at radius 2 is 1.84 bits per heavy atom. The molecular weight excluding hydrogens is 232 g/mol. The topological polar surface area (TPSA) is 38.0 Å². The largest absolute Gasteiger partial charge is 0.398 e. The lowest BCUT2D eigenvalue weighted by Gasteiger charge is -2.09. The molecular formula is C17H22N2. The summed E-state index contributed by atoms with van der Waals surface area (Å²) in [5.74, 6) is 1.03. The maximum absolute atomic E-state index is 6.12. The summed E-state index contributed by atoms with van der Waals surface area (Å²) in [6, 6.07) is 12.7. The molecule has 0 spiro atoms. The third-order valence-electron chi connectivity index (χ3n) is 3.99. The zero-order chi connectivity index (χ0) is 13.1. The van der Waals surface area contributed by atoms with E-state index >= 15 is 0 Å². The summed E-state index contributed by atoms with van der Waals surface area (Å²) in [6.07, 6.45) is 5.59. The molecule has 1 saturated carbocycles. The van der Waals surface area contributed by atoms with Gasteiger partial charge in [0.2, 0.25) is 0 Å². The van der Waals surface area contributed by atoms with E-state index < -0.39 is 0 Å². The van der Waals surface area contributed by atoms with Gasteiger partial charge in [0.05, 0.1) is 0 Å². The van der Waals surface area contributed by atoms with Gasteiger partial charge in [-0.2, -0.15) is 0 Å². The average molecular weight is 254 g/mol. The predicted molar refractivity (Wildman–Crippen MR) is 82.0 cm³/mol. The lowest BCUT2D eigenvalue weighted by atomic mass is 10.0. The van der Waals surface area contributed by atoms with Gasteiger partial charge in [0.15, 0.2) is 0 Å². The Morgan fingerprint density at radius 1 is 1.11 bits per heavy atom. The maximum Gasteiger partial charge on any atom is 0.0366 e. The van der Waals surface area contributed by atoms with Crippen LogP contribution in [0.4, 0.5) is 5.69 Å². The standard InChI is InChI=1S/C17H22N2/c18-17-11-15-6-2-1-5-14(15)10-16(17)12-19-9-3-4-13-7-8-13/h1-2,5-6,10-11,13,19H,3-4,7-9,12,18H2. The molecule has 2 aromatic carbocycles. The van der Waals surface area contributed by atoms with Gasteiger partial charge in [-0.3, -0.25) is 0 Å². The summed E-state index contributed by atoms with van der Waals surface area (Å²) < 4.78 is 0. The van der Waals surface area contributed by atoms with E-state index in [0.717, 1.165) is 24.7 Å². The van der Waals surface area contributed by atoms with Crippen molar-refractivity contribution in [3.05, 3.63) is 42.0 Å². The summed E-state index contributed by atoms with van der Waals surface area (Å²) in [5, 5.41) is 6.00. The van der Waals surface area contributed by atoms with Crippen LogP contribution in [0.1, 0.15) is 31.2 Å². The van der Waals surface area contributed by atoms with Crippen LogP contribution in [-0.4, -0.2) is 6.54 Å². The Kier molecular flexibility index (Phi) is 3.69. The molecule has 0 bridgehead atoms. The first-order chi connectivity index (χ1) is 9.33. The lowest BCUT2D eigenvalue weighted by molar-refractivity contribution is 0.594. The molecule has 0 radical (unpaired) electrons. The van der Waals surface area contributed by atoms with Crippen LogP contribution >= 0.6 is 0 Å². The average Bonchev–Trinajstić information content (AvgIpc) is 3.23. The Hall–Kier alpha value is -1.54. The van der Waals surface area contributed by atoms with Crippen LogP contribution in [0.25, 0.3) is 10.8 Å². The van der Waals surface area contributed by atoms with Crippen LogP contribution < -0.4 is 11.1 Å². The van der Waals surface area contributed by atoms with Gasteiger partial charge in [-0.25, -0.2) is 0 Å². The number of nitrogens with one attached hydrogen (secondary N) is 1. The van der Waals surface area contributed by atoms with Crippen LogP contribution in [0.5, 0.6) is 0 Å². The molecule has 1 fully saturated rings. The van der Waals surface area contributed by atoms with E-state index in [1.165, 1.54) is 42.0 Å². The fraction of sp³-hybridized carbons (Fsp3) is 0.412. The highest BCUT2D eigenvalue weighted by Gasteiger charge is 2.19. The number of hydrogen-bond acceptors (Lipinski definition) is 2. The highest BCUT2D eigenvalue weighted by Crippen LogP contribution is 2.33. The number of anilines is 1. The zero-order valence-corrected chi connectivity index (χ0v) is 11.4. The van der Waals surface area contributed by atoms with Gasteiger partial charge in [0, 0.05) is 12.2 Å². The molecule has 0 atom stereocenters. The van der Waals surface area contributed by atoms with Crippen molar-refractivity contribution in [1.82, 2.24) is 5.32 Å². The number of hydrogen-bond donors (Lipinski definition) is 2. The van der Waals surface area contributed by atoms with Crippen molar-refractivity contribution in [3.63, 3.8) is 0 Å². The summed E-state index contributed by atoms with van der Waals surface area (Å²) in [7, 11) is 0. The number of fused-ring (bicyclic) bond motifs is 1. The summed E-state index contributed by atoms with van der Waals surface area (Å²) >= 11 is 0. The third-order valence-corrected chi connectivity index (χ3v) is 3.99. The molecule has 100 valence electrons. The third kappa shape index (κ3) is 3.27. The molecule has 2 heteroatoms. The van der Waals surface area contributed by atoms with Crippen molar-refractivity contribution in [2.45, 2.75) is 32.2 Å². The number of benzene rings is 2. The normalized spacial score (nSPS) is 14.9. The van der Waals surface area contributed by atoms with Crippen molar-refractivity contribution in [1.29, 1.82) is 0 Å². The fourth-order valence-corrected chi connectivity index (χ4v) is 2.60. The Morgan fingerprint density at radius 3 is 2.58 bits per heavy atom. The molecule has 0 amide bonds. The highest BCUT2D eigenvalue weighted by atomic mass is 14.8. The lowest BCUT2D eigenvalue weighted by Crippen LogP contribution is -2.15. The maximum atomic E-state index is 6.12. The first-order valence-corrected chi connectivity index (χ1v) is 7.31. The second-order valence-corrected chi connectivity index (χ2v) is 5.66. The van der Waals surface area contributed by atoms with Crippen LogP contribution in [0.15, 0.2) is 36.4 Å². The molecule has 2 aromatic rings. The Balaban J connectivity index is 1.58. The summed E-state index contributed by atoms with van der Waals surface area (Å²) in [4.78, 5) is 0. The van der Waals surface area contributed by atoms with Gasteiger partial charge in [-0.1, -0.05) is 37.1 Å². The van der Waals surface area contributed by atoms with Gasteiger partial charge in [0.25, 0.3) is 0 Å². The zero-order valence-electron chi connectivity index (χ0n) is 11.4. The molecule has 1 aliphatic rings. The molecule has 0 saturated heterocycles. The second kappa shape index (κ2) is 5.62. The van der Waals surface area contributed by atoms with Crippen LogP contribution in [0, 0.1) is 5.92 Å². The molecule has 19 heavy (non-hydrogen) atoms. The molecule has 2 nitrogen and oxygen atoms in total. The summed E-state index contributed by atoms with van der Waals surface area (Å²) in [6.45, 7) is 1.98. The highest BCUT2D eigenvalue weighted by molar-refractivity contribution is 5.86. The predicted octanol–water partition coefficient (Wildman–Crippen LogP) is 3.70. The monoisotopic (exact) mass is 254 g/mol. The van der Waals surface area contributed by atoms with Crippen molar-refractivity contribution in [2.75, 3.05) is 12.3 Å². The minimum atomic E-state index is 0.876. The molecule has 0 aromatic heterocycles. The number of nitrogen functional groups attached to an aromatic ring is 1. The van der Waals surface area contributed by atoms with Crippen LogP contribution in [-0.2, 0) is 6.54 Å². The fourth-order valence-electron chi connectivity index (χ4n) is 2.60. The van der Waals surface area contributed by atoms with Crippen LogP contribution in [0.3, 0.4) is 0 Å². The second-order valence-electron chi connectivity index (χ2n) is 5.66. The van der Waals surface area contributed by atoms with E-state index in [1.807, 2.05) is 0 Å². The smallest absolute Gasteiger partial charge is 0.0366 e. The molecule has 3 N–H and O–H groups in total. The molecule has 3 rings (SSSR count). The first kappa shape index (κ1) is 12.5. The van der Waals surface area contributed by atoms with Gasteiger partial charge in [-0.05, 0) is 53.8 Å². The molecule has 0 heterocycles. The van der Waals surface area contributed by atoms with Gasteiger partial charge >= 0.3 is 0 Å². The van der Waals surface area contributed by atoms with Crippen molar-refractivity contribution in [2.24, 2.45) is 5.92 Å². The molecule has 0 unspecified atom stereocenters. The SMILES string of the molecule is Nc1cc2ccccc2cc1CNCCCC1CC1. The number of nitrogens with two attached hydrogens (primary N) is 1. The van der Waals surface area contributed by atoms with E-state index in [2.05, 4.69) is 41.7 Å². The van der Waals surface area contributed by atoms with Gasteiger partial charge in [-0.15, -0.1) is 0 Å². The minimum Gasteiger partial charge on any atom is -0.398 e. The van der Waals surface area contributed by atoms with Crippen molar-refractivity contribution in [3.8, 4) is 0 Å². The van der Waals surface area contributed by atoms with Crippen molar-refractivity contribution < 1.29 is 0 Å². The quantitative estimate of drug-likeness (QED) is 0.609. The van der Waals surface area contributed by atoms with Gasteiger partial charge in [0.1, 0.15) is 0 Å². The summed E-state index contributed by atoms with van der Waals surface area (Å²) in [5.41, 5.74) is 8.23. The molecule has 1 aliphatic carbocycles. The molecule has 0 aliphatic heterocycles. The van der Waals surface area contributed by atoms with Crippen molar-refractivity contribution >= 4 is 16.5 Å². The Bertz CT molecular complexity index is 558. The van der Waals surface area contributed by atoms with E-state index in [4.69, 9.17) is 5.73 Å². The van der Waals surface area contributed by atoms with E-state index in [1.54, 1.807) is 0 Å².